The topological polar surface area (TPSA) is 44.1 Å². The number of thioether (sulfide) groups is 1. The van der Waals surface area contributed by atoms with Gasteiger partial charge in [0.2, 0.25) is 5.91 Å². The van der Waals surface area contributed by atoms with Gasteiger partial charge in [0.25, 0.3) is 0 Å². The van der Waals surface area contributed by atoms with E-state index in [4.69, 9.17) is 0 Å². The predicted octanol–water partition coefficient (Wildman–Crippen LogP) is 3.84. The van der Waals surface area contributed by atoms with Gasteiger partial charge in [0, 0.05) is 23.6 Å². The molecule has 1 aliphatic rings. The smallest absolute Gasteiger partial charge is 0.243 e. The molecule has 0 bridgehead atoms. The third-order valence-electron chi connectivity index (χ3n) is 4.10. The van der Waals surface area contributed by atoms with Crippen molar-refractivity contribution >= 4 is 17.7 Å². The van der Waals surface area contributed by atoms with Crippen LogP contribution in [0.1, 0.15) is 59.8 Å². The molecule has 1 aliphatic heterocycles. The van der Waals surface area contributed by atoms with Crippen molar-refractivity contribution < 1.29 is 4.79 Å². The quantitative estimate of drug-likeness (QED) is 0.774. The van der Waals surface area contributed by atoms with Crippen LogP contribution in [0.4, 0.5) is 0 Å². The highest BCUT2D eigenvalue weighted by molar-refractivity contribution is 8.00. The average molecular weight is 296 g/mol. The number of hydrogen-bond donors (Lipinski definition) is 0. The van der Waals surface area contributed by atoms with Gasteiger partial charge in [-0.1, -0.05) is 40.5 Å². The largest absolute Gasteiger partial charge is 0.340 e. The van der Waals surface area contributed by atoms with E-state index in [0.29, 0.717) is 12.8 Å². The van der Waals surface area contributed by atoms with E-state index in [2.05, 4.69) is 33.8 Å². The molecule has 0 spiro atoms. The molecule has 0 N–H and O–H groups in total. The second kappa shape index (κ2) is 7.36. The summed E-state index contributed by atoms with van der Waals surface area (Å²) in [5.41, 5.74) is -0.789. The fourth-order valence-electron chi connectivity index (χ4n) is 2.88. The molecule has 0 aromatic heterocycles. The van der Waals surface area contributed by atoms with E-state index in [-0.39, 0.29) is 10.7 Å². The summed E-state index contributed by atoms with van der Waals surface area (Å²) in [6, 6.07) is 2.36. The van der Waals surface area contributed by atoms with Crippen LogP contribution in [-0.2, 0) is 4.79 Å². The van der Waals surface area contributed by atoms with Crippen molar-refractivity contribution in [3.63, 3.8) is 0 Å². The van der Waals surface area contributed by atoms with Crippen molar-refractivity contribution in [3.8, 4) is 6.07 Å². The van der Waals surface area contributed by atoms with Gasteiger partial charge >= 0.3 is 0 Å². The third kappa shape index (κ3) is 4.15. The maximum Gasteiger partial charge on any atom is 0.243 e. The lowest BCUT2D eigenvalue weighted by atomic mass is 9.79. The Morgan fingerprint density at radius 3 is 2.40 bits per heavy atom. The van der Waals surface area contributed by atoms with E-state index < -0.39 is 5.41 Å². The number of nitriles is 1. The van der Waals surface area contributed by atoms with Gasteiger partial charge in [-0.2, -0.15) is 17.0 Å². The molecule has 4 heteroatoms. The Labute approximate surface area is 128 Å². The molecule has 0 radical (unpaired) electrons. The van der Waals surface area contributed by atoms with Gasteiger partial charge in [0.15, 0.2) is 0 Å². The van der Waals surface area contributed by atoms with Crippen LogP contribution in [0.25, 0.3) is 0 Å². The predicted molar refractivity (Wildman–Crippen MR) is 85.6 cm³/mol. The van der Waals surface area contributed by atoms with Crippen LogP contribution in [0.3, 0.4) is 0 Å². The average Bonchev–Trinajstić information content (AvgIpc) is 2.58. The summed E-state index contributed by atoms with van der Waals surface area (Å²) in [5.74, 6) is 1.04. The molecule has 0 aromatic carbocycles. The van der Waals surface area contributed by atoms with Gasteiger partial charge in [-0.15, -0.1) is 0 Å². The lowest BCUT2D eigenvalue weighted by molar-refractivity contribution is -0.139. The Bertz CT molecular complexity index is 367. The van der Waals surface area contributed by atoms with Crippen LogP contribution in [0, 0.1) is 16.7 Å². The van der Waals surface area contributed by atoms with Gasteiger partial charge in [0.1, 0.15) is 5.41 Å². The molecule has 1 heterocycles. The number of hydrogen-bond acceptors (Lipinski definition) is 3. The molecule has 0 aliphatic carbocycles. The van der Waals surface area contributed by atoms with Crippen molar-refractivity contribution in [2.45, 2.75) is 64.5 Å². The zero-order valence-electron chi connectivity index (χ0n) is 13.4. The second-order valence-electron chi connectivity index (χ2n) is 6.34. The molecule has 20 heavy (non-hydrogen) atoms. The van der Waals surface area contributed by atoms with Crippen LogP contribution >= 0.6 is 11.8 Å². The molecule has 0 unspecified atom stereocenters. The first-order chi connectivity index (χ1) is 9.40. The first kappa shape index (κ1) is 17.4. The molecule has 1 fully saturated rings. The minimum absolute atomic E-state index is 0.0713. The van der Waals surface area contributed by atoms with Crippen molar-refractivity contribution in [1.82, 2.24) is 4.90 Å². The fraction of sp³-hybridized carbons (Fsp3) is 0.875. The number of amides is 1. The fourth-order valence-corrected chi connectivity index (χ4v) is 3.98. The molecule has 1 amide bonds. The monoisotopic (exact) mass is 296 g/mol. The molecule has 3 nitrogen and oxygen atoms in total. The van der Waals surface area contributed by atoms with E-state index in [0.717, 1.165) is 38.1 Å². The van der Waals surface area contributed by atoms with Gasteiger partial charge in [-0.25, -0.2) is 0 Å². The second-order valence-corrected chi connectivity index (χ2v) is 8.15. The van der Waals surface area contributed by atoms with Crippen LogP contribution in [0.15, 0.2) is 0 Å². The molecular formula is C16H28N2OS. The Morgan fingerprint density at radius 1 is 1.30 bits per heavy atom. The summed E-state index contributed by atoms with van der Waals surface area (Å²) in [7, 11) is 0. The SMILES string of the molecule is CCCC(C#N)(CCC)C(=O)N1CCSC(C)(C)CC1. The molecular weight excluding hydrogens is 268 g/mol. The van der Waals surface area contributed by atoms with E-state index in [1.807, 2.05) is 16.7 Å². The maximum atomic E-state index is 12.9. The van der Waals surface area contributed by atoms with E-state index in [1.165, 1.54) is 0 Å². The standard InChI is InChI=1S/C16H28N2OS/c1-5-7-16(13-17,8-6-2)14(19)18-10-9-15(3,4)20-12-11-18/h5-12H2,1-4H3. The summed E-state index contributed by atoms with van der Waals surface area (Å²) < 4.78 is 0.236. The Balaban J connectivity index is 2.87. The van der Waals surface area contributed by atoms with E-state index in [9.17, 15) is 10.1 Å². The van der Waals surface area contributed by atoms with Crippen LogP contribution in [0.2, 0.25) is 0 Å². The van der Waals surface area contributed by atoms with Crippen molar-refractivity contribution in [1.29, 1.82) is 5.26 Å². The van der Waals surface area contributed by atoms with Gasteiger partial charge in [0.05, 0.1) is 6.07 Å². The molecule has 0 saturated carbocycles. The zero-order valence-corrected chi connectivity index (χ0v) is 14.2. The van der Waals surface area contributed by atoms with E-state index >= 15 is 0 Å². The highest BCUT2D eigenvalue weighted by atomic mass is 32.2. The number of nitrogens with zero attached hydrogens (tertiary/aromatic N) is 2. The molecule has 1 rings (SSSR count). The molecule has 1 saturated heterocycles. The highest BCUT2D eigenvalue weighted by Crippen LogP contribution is 2.35. The Hall–Kier alpha value is -0.690. The first-order valence-electron chi connectivity index (χ1n) is 7.75. The lowest BCUT2D eigenvalue weighted by Crippen LogP contribution is -2.44. The Kier molecular flexibility index (Phi) is 6.39. The summed E-state index contributed by atoms with van der Waals surface area (Å²) in [5, 5.41) is 9.61. The number of carbonyl (C=O) groups excluding carboxylic acids is 1. The summed E-state index contributed by atoms with van der Waals surface area (Å²) in [4.78, 5) is 14.8. The molecule has 114 valence electrons. The van der Waals surface area contributed by atoms with Crippen molar-refractivity contribution in [2.24, 2.45) is 5.41 Å². The Morgan fingerprint density at radius 2 is 1.90 bits per heavy atom. The summed E-state index contributed by atoms with van der Waals surface area (Å²) in [6.45, 7) is 10.1. The highest BCUT2D eigenvalue weighted by Gasteiger charge is 2.41. The lowest BCUT2D eigenvalue weighted by Gasteiger charge is -2.32. The first-order valence-corrected chi connectivity index (χ1v) is 8.74. The maximum absolute atomic E-state index is 12.9. The minimum Gasteiger partial charge on any atom is -0.340 e. The molecule has 0 atom stereocenters. The van der Waals surface area contributed by atoms with Gasteiger partial charge < -0.3 is 4.90 Å². The third-order valence-corrected chi connectivity index (χ3v) is 5.47. The van der Waals surface area contributed by atoms with Crippen molar-refractivity contribution in [2.75, 3.05) is 18.8 Å². The summed E-state index contributed by atoms with van der Waals surface area (Å²) >= 11 is 1.93. The zero-order chi connectivity index (χ0) is 15.2. The summed E-state index contributed by atoms with van der Waals surface area (Å²) in [6.07, 6.45) is 4.14. The van der Waals surface area contributed by atoms with Crippen molar-refractivity contribution in [3.05, 3.63) is 0 Å². The van der Waals surface area contributed by atoms with Crippen LogP contribution in [-0.4, -0.2) is 34.4 Å². The number of rotatable bonds is 5. The number of carbonyl (C=O) groups is 1. The van der Waals surface area contributed by atoms with Gasteiger partial charge in [-0.05, 0) is 19.3 Å². The normalized spacial score (nSPS) is 19.2. The molecule has 0 aromatic rings. The van der Waals surface area contributed by atoms with Crippen LogP contribution in [0.5, 0.6) is 0 Å². The van der Waals surface area contributed by atoms with Crippen LogP contribution < -0.4 is 0 Å². The minimum atomic E-state index is -0.789. The van der Waals surface area contributed by atoms with Gasteiger partial charge in [-0.3, -0.25) is 4.79 Å². The van der Waals surface area contributed by atoms with E-state index in [1.54, 1.807) is 0 Å².